The largest absolute Gasteiger partial charge is 0.461 e. The third-order valence-corrected chi connectivity index (χ3v) is 8.22. The van der Waals surface area contributed by atoms with Crippen molar-refractivity contribution in [3.05, 3.63) is 65.7 Å². The van der Waals surface area contributed by atoms with Gasteiger partial charge in [-0.15, -0.1) is 0 Å². The Kier molecular flexibility index (Phi) is 7.83. The molecule has 0 aliphatic carbocycles. The summed E-state index contributed by atoms with van der Waals surface area (Å²) in [7, 11) is -3.42. The molecule has 0 fully saturated rings. The molecule has 1 atom stereocenters. The minimum Gasteiger partial charge on any atom is -0.461 e. The van der Waals surface area contributed by atoms with Gasteiger partial charge in [0.15, 0.2) is 0 Å². The molecule has 0 saturated carbocycles. The molecule has 0 amide bonds. The molecular weight excluding hydrogens is 470 g/mol. The number of alkyl halides is 3. The van der Waals surface area contributed by atoms with Crippen LogP contribution in [-0.4, -0.2) is 27.2 Å². The molecule has 0 bridgehead atoms. The topological polar surface area (TPSA) is 123 Å². The van der Waals surface area contributed by atoms with Crippen LogP contribution in [0, 0.1) is 0 Å². The van der Waals surface area contributed by atoms with Crippen molar-refractivity contribution in [2.45, 2.75) is 5.66 Å². The fourth-order valence-corrected chi connectivity index (χ4v) is 6.20. The number of halogens is 3. The number of hydrogen-bond donors (Lipinski definition) is 3. The van der Waals surface area contributed by atoms with Gasteiger partial charge in [0.1, 0.15) is 24.4 Å². The van der Waals surface area contributed by atoms with Crippen LogP contribution in [0.15, 0.2) is 54.6 Å². The molecule has 0 aliphatic rings. The molecule has 0 heterocycles. The first-order chi connectivity index (χ1) is 16.2. The molecular formula is C23H25F3N3O4P. The second-order valence-electron chi connectivity index (χ2n) is 7.47. The van der Waals surface area contributed by atoms with Crippen molar-refractivity contribution in [3.8, 4) is 17.2 Å². The van der Waals surface area contributed by atoms with Crippen LogP contribution in [0.1, 0.15) is 16.8 Å². The minimum atomic E-state index is -3.42. The minimum absolute atomic E-state index is 0.0401. The van der Waals surface area contributed by atoms with Gasteiger partial charge in [0, 0.05) is 5.30 Å². The van der Waals surface area contributed by atoms with Gasteiger partial charge in [-0.1, -0.05) is 12.1 Å². The molecule has 1 unspecified atom stereocenters. The first-order valence-corrected chi connectivity index (χ1v) is 12.3. The third-order valence-electron chi connectivity index (χ3n) is 5.34. The van der Waals surface area contributed by atoms with Crippen molar-refractivity contribution in [1.82, 2.24) is 0 Å². The van der Waals surface area contributed by atoms with Gasteiger partial charge in [-0.3, -0.25) is 0 Å². The van der Waals surface area contributed by atoms with E-state index in [1.165, 1.54) is 43.1 Å². The van der Waals surface area contributed by atoms with E-state index in [1.807, 2.05) is 0 Å². The summed E-state index contributed by atoms with van der Waals surface area (Å²) in [5, 5.41) is 0.338. The summed E-state index contributed by atoms with van der Waals surface area (Å²) in [6, 6.07) is 13.7. The Morgan fingerprint density at radius 2 is 1.09 bits per heavy atom. The molecule has 0 spiro atoms. The first kappa shape index (κ1) is 25.1. The number of anilines is 3. The number of ether oxygens (including phenoxy) is 3. The number of nitrogens with two attached hydrogens (primary N) is 3. The third kappa shape index (κ3) is 5.17. The molecule has 0 aromatic heterocycles. The lowest BCUT2D eigenvalue weighted by Crippen LogP contribution is -2.14. The van der Waals surface area contributed by atoms with Crippen molar-refractivity contribution < 1.29 is 31.9 Å². The molecule has 34 heavy (non-hydrogen) atoms. The van der Waals surface area contributed by atoms with Crippen molar-refractivity contribution in [1.29, 1.82) is 0 Å². The van der Waals surface area contributed by atoms with Crippen molar-refractivity contribution in [2.75, 3.05) is 44.4 Å². The summed E-state index contributed by atoms with van der Waals surface area (Å²) in [4.78, 5) is 0. The lowest BCUT2D eigenvalue weighted by Gasteiger charge is -2.27. The Labute approximate surface area is 195 Å². The zero-order valence-corrected chi connectivity index (χ0v) is 19.2. The fourth-order valence-electron chi connectivity index (χ4n) is 3.70. The van der Waals surface area contributed by atoms with Crippen molar-refractivity contribution in [3.63, 3.8) is 0 Å². The van der Waals surface area contributed by atoms with Gasteiger partial charge < -0.3 is 36.0 Å². The van der Waals surface area contributed by atoms with Crippen LogP contribution in [0.3, 0.4) is 0 Å². The van der Waals surface area contributed by atoms with Gasteiger partial charge in [0.2, 0.25) is 20.6 Å². The van der Waals surface area contributed by atoms with E-state index in [2.05, 4.69) is 0 Å². The Balaban J connectivity index is 2.24. The normalized spacial score (nSPS) is 12.9. The van der Waals surface area contributed by atoms with Gasteiger partial charge in [-0.05, 0) is 60.3 Å². The van der Waals surface area contributed by atoms with Gasteiger partial charge in [-0.25, -0.2) is 13.2 Å². The van der Waals surface area contributed by atoms with E-state index in [9.17, 15) is 17.7 Å². The van der Waals surface area contributed by atoms with E-state index in [4.69, 9.17) is 31.4 Å². The van der Waals surface area contributed by atoms with Crippen LogP contribution < -0.4 is 36.7 Å². The highest BCUT2D eigenvalue weighted by atomic mass is 31.2. The zero-order chi connectivity index (χ0) is 24.9. The van der Waals surface area contributed by atoms with E-state index in [0.29, 0.717) is 16.4 Å². The van der Waals surface area contributed by atoms with Crippen molar-refractivity contribution in [2.24, 2.45) is 0 Å². The van der Waals surface area contributed by atoms with Gasteiger partial charge in [0.25, 0.3) is 0 Å². The summed E-state index contributed by atoms with van der Waals surface area (Å²) in [5.74, 6) is 0.178. The molecule has 3 aromatic rings. The Morgan fingerprint density at radius 1 is 0.706 bits per heavy atom. The van der Waals surface area contributed by atoms with Crippen molar-refractivity contribution >= 4 is 29.5 Å². The monoisotopic (exact) mass is 495 g/mol. The van der Waals surface area contributed by atoms with E-state index < -0.39 is 33.4 Å². The maximum atomic E-state index is 14.4. The highest BCUT2D eigenvalue weighted by Crippen LogP contribution is 2.59. The summed E-state index contributed by atoms with van der Waals surface area (Å²) in [5.41, 5.74) is 18.3. The SMILES string of the molecule is CP(=O)(c1ccc(N)c(OCF)c1)C(c1ccc(N)c(OCF)c1)c1ccc(N)c(OCF)c1. The Bertz CT molecular complexity index is 1160. The fraction of sp³-hybridized carbons (Fsp3) is 0.217. The van der Waals surface area contributed by atoms with Crippen LogP contribution in [0.5, 0.6) is 17.2 Å². The summed E-state index contributed by atoms with van der Waals surface area (Å²) < 4.78 is 67.9. The molecule has 6 N–H and O–H groups in total. The molecule has 182 valence electrons. The second kappa shape index (κ2) is 10.6. The summed E-state index contributed by atoms with van der Waals surface area (Å²) in [6.07, 6.45) is 0. The average molecular weight is 495 g/mol. The number of rotatable bonds is 10. The summed E-state index contributed by atoms with van der Waals surface area (Å²) in [6.45, 7) is -1.81. The van der Waals surface area contributed by atoms with Crippen LogP contribution in [-0.2, 0) is 4.57 Å². The quantitative estimate of drug-likeness (QED) is 0.274. The Morgan fingerprint density at radius 3 is 1.50 bits per heavy atom. The lowest BCUT2D eigenvalue weighted by molar-refractivity contribution is 0.192. The number of nitrogen functional groups attached to an aromatic ring is 3. The second-order valence-corrected chi connectivity index (χ2v) is 10.5. The zero-order valence-electron chi connectivity index (χ0n) is 18.3. The first-order valence-electron chi connectivity index (χ1n) is 10.0. The number of hydrogen-bond acceptors (Lipinski definition) is 7. The van der Waals surface area contributed by atoms with Gasteiger partial charge in [0.05, 0.1) is 22.7 Å². The predicted molar refractivity (Wildman–Crippen MR) is 127 cm³/mol. The molecule has 3 rings (SSSR count). The highest BCUT2D eigenvalue weighted by molar-refractivity contribution is 7.71. The Hall–Kier alpha value is -3.52. The molecule has 11 heteroatoms. The van der Waals surface area contributed by atoms with E-state index in [0.717, 1.165) is 0 Å². The molecule has 3 aromatic carbocycles. The van der Waals surface area contributed by atoms with E-state index in [1.54, 1.807) is 18.2 Å². The predicted octanol–water partition coefficient (Wildman–Crippen LogP) is 4.76. The van der Waals surface area contributed by atoms with Gasteiger partial charge >= 0.3 is 0 Å². The molecule has 7 nitrogen and oxygen atoms in total. The standard InChI is InChI=1S/C23H25F3N3O4P/c1-34(30,16-4-7-19(29)22(10-16)33-13-26)23(14-2-5-17(27)20(8-14)31-11-24)15-3-6-18(28)21(9-15)32-12-25/h2-10,23H,11-13,27-29H2,1H3. The average Bonchev–Trinajstić information content (AvgIpc) is 2.80. The van der Waals surface area contributed by atoms with Crippen LogP contribution in [0.2, 0.25) is 0 Å². The van der Waals surface area contributed by atoms with E-state index in [-0.39, 0.29) is 34.3 Å². The lowest BCUT2D eigenvalue weighted by atomic mass is 10.0. The van der Waals surface area contributed by atoms with Crippen LogP contribution in [0.25, 0.3) is 0 Å². The maximum Gasteiger partial charge on any atom is 0.228 e. The smallest absolute Gasteiger partial charge is 0.228 e. The molecule has 0 radical (unpaired) electrons. The maximum absolute atomic E-state index is 14.4. The molecule has 0 saturated heterocycles. The van der Waals surface area contributed by atoms with Crippen LogP contribution in [0.4, 0.5) is 30.2 Å². The summed E-state index contributed by atoms with van der Waals surface area (Å²) >= 11 is 0. The van der Waals surface area contributed by atoms with Crippen LogP contribution >= 0.6 is 7.14 Å². The molecule has 0 aliphatic heterocycles. The van der Waals surface area contributed by atoms with Gasteiger partial charge in [-0.2, -0.15) is 0 Å². The van der Waals surface area contributed by atoms with E-state index >= 15 is 0 Å². The number of benzene rings is 3. The highest BCUT2D eigenvalue weighted by Gasteiger charge is 2.34.